The number of aromatic nitrogens is 2. The van der Waals surface area contributed by atoms with Gasteiger partial charge >= 0.3 is 0 Å². The van der Waals surface area contributed by atoms with Gasteiger partial charge in [0, 0.05) is 12.1 Å². The van der Waals surface area contributed by atoms with Gasteiger partial charge in [0.05, 0.1) is 5.69 Å². The molecule has 1 heterocycles. The van der Waals surface area contributed by atoms with Gasteiger partial charge in [-0.15, -0.1) is 10.2 Å². The first-order valence-corrected chi connectivity index (χ1v) is 5.93. The minimum atomic E-state index is 0.380. The minimum absolute atomic E-state index is 0.380. The molecule has 80 valence electrons. The Morgan fingerprint density at radius 2 is 1.87 bits per heavy atom. The van der Waals surface area contributed by atoms with Crippen molar-refractivity contribution in [1.29, 1.82) is 0 Å². The van der Waals surface area contributed by atoms with E-state index in [-0.39, 0.29) is 0 Å². The second-order valence-corrected chi connectivity index (χ2v) is 5.19. The zero-order valence-electron chi connectivity index (χ0n) is 8.08. The number of anilines is 1. The molecule has 0 aliphatic heterocycles. The van der Waals surface area contributed by atoms with Gasteiger partial charge in [0.1, 0.15) is 0 Å². The molecule has 3 nitrogen and oxygen atoms in total. The van der Waals surface area contributed by atoms with Crippen molar-refractivity contribution in [2.75, 3.05) is 5.32 Å². The monoisotopic (exact) mass is 243 g/mol. The molecule has 2 aliphatic rings. The zero-order chi connectivity index (χ0) is 10.4. The molecule has 0 amide bonds. The molecule has 2 fully saturated rings. The maximum absolute atomic E-state index is 5.93. The SMILES string of the molecule is Clc1cc(NC2CC3CC3C2)c(Cl)nn1. The highest BCUT2D eigenvalue weighted by molar-refractivity contribution is 6.33. The Bertz CT molecular complexity index is 386. The molecule has 0 radical (unpaired) electrons. The van der Waals surface area contributed by atoms with Gasteiger partial charge in [-0.2, -0.15) is 0 Å². The summed E-state index contributed by atoms with van der Waals surface area (Å²) in [5, 5.41) is 11.6. The Morgan fingerprint density at radius 3 is 2.60 bits per heavy atom. The maximum Gasteiger partial charge on any atom is 0.174 e. The Morgan fingerprint density at radius 1 is 1.13 bits per heavy atom. The van der Waals surface area contributed by atoms with Crippen molar-refractivity contribution in [3.63, 3.8) is 0 Å². The number of halogens is 2. The molecule has 0 bridgehead atoms. The number of hydrogen-bond acceptors (Lipinski definition) is 3. The second kappa shape index (κ2) is 3.49. The summed E-state index contributed by atoms with van der Waals surface area (Å²) in [5.41, 5.74) is 0.808. The van der Waals surface area contributed by atoms with Crippen LogP contribution in [-0.4, -0.2) is 16.2 Å². The van der Waals surface area contributed by atoms with Crippen LogP contribution in [0.25, 0.3) is 0 Å². The number of hydrogen-bond donors (Lipinski definition) is 1. The lowest BCUT2D eigenvalue weighted by atomic mass is 10.1. The summed E-state index contributed by atoms with van der Waals surface area (Å²) in [6, 6.07) is 2.27. The van der Waals surface area contributed by atoms with Gasteiger partial charge < -0.3 is 5.32 Å². The lowest BCUT2D eigenvalue weighted by Gasteiger charge is -2.15. The predicted octanol–water partition coefficient (Wildman–Crippen LogP) is 2.99. The summed E-state index contributed by atoms with van der Waals surface area (Å²) in [4.78, 5) is 0. The number of rotatable bonds is 2. The summed E-state index contributed by atoms with van der Waals surface area (Å²) >= 11 is 11.7. The highest BCUT2D eigenvalue weighted by Crippen LogP contribution is 2.52. The van der Waals surface area contributed by atoms with Crippen LogP contribution in [0.5, 0.6) is 0 Å². The molecule has 0 aromatic carbocycles. The number of nitrogens with one attached hydrogen (secondary N) is 1. The van der Waals surface area contributed by atoms with E-state index in [0.717, 1.165) is 17.5 Å². The third-order valence-electron chi connectivity index (χ3n) is 3.32. The van der Waals surface area contributed by atoms with Gasteiger partial charge in [-0.1, -0.05) is 23.2 Å². The first-order chi connectivity index (χ1) is 7.22. The van der Waals surface area contributed by atoms with Crippen molar-refractivity contribution in [3.05, 3.63) is 16.4 Å². The van der Waals surface area contributed by atoms with Gasteiger partial charge in [-0.3, -0.25) is 0 Å². The van der Waals surface area contributed by atoms with E-state index >= 15 is 0 Å². The molecule has 0 saturated heterocycles. The van der Waals surface area contributed by atoms with Gasteiger partial charge in [-0.25, -0.2) is 0 Å². The van der Waals surface area contributed by atoms with Crippen molar-refractivity contribution >= 4 is 28.9 Å². The van der Waals surface area contributed by atoms with Gasteiger partial charge in [-0.05, 0) is 31.1 Å². The highest BCUT2D eigenvalue weighted by Gasteiger charge is 2.45. The molecule has 1 N–H and O–H groups in total. The van der Waals surface area contributed by atoms with E-state index in [1.165, 1.54) is 19.3 Å². The fourth-order valence-corrected chi connectivity index (χ4v) is 2.80. The Labute approximate surface area is 98.2 Å². The maximum atomic E-state index is 5.93. The van der Waals surface area contributed by atoms with Gasteiger partial charge in [0.2, 0.25) is 0 Å². The number of nitrogens with zero attached hydrogens (tertiary/aromatic N) is 2. The summed E-state index contributed by atoms with van der Waals surface area (Å²) in [5.74, 6) is 1.90. The summed E-state index contributed by atoms with van der Waals surface area (Å²) in [7, 11) is 0. The average Bonchev–Trinajstić information content (AvgIpc) is 2.81. The minimum Gasteiger partial charge on any atom is -0.380 e. The van der Waals surface area contributed by atoms with E-state index in [1.54, 1.807) is 6.07 Å². The van der Waals surface area contributed by atoms with Crippen LogP contribution in [0.15, 0.2) is 6.07 Å². The molecule has 2 aliphatic carbocycles. The van der Waals surface area contributed by atoms with Crippen molar-refractivity contribution in [2.45, 2.75) is 25.3 Å². The van der Waals surface area contributed by atoms with Crippen LogP contribution in [0.2, 0.25) is 10.3 Å². The van der Waals surface area contributed by atoms with Crippen LogP contribution < -0.4 is 5.32 Å². The second-order valence-electron chi connectivity index (χ2n) is 4.44. The molecule has 3 rings (SSSR count). The van der Waals surface area contributed by atoms with Crippen LogP contribution in [0, 0.1) is 11.8 Å². The molecular weight excluding hydrogens is 233 g/mol. The fourth-order valence-electron chi connectivity index (χ4n) is 2.51. The van der Waals surface area contributed by atoms with E-state index in [4.69, 9.17) is 23.2 Å². The van der Waals surface area contributed by atoms with Crippen molar-refractivity contribution < 1.29 is 0 Å². The third kappa shape index (κ3) is 1.91. The van der Waals surface area contributed by atoms with Crippen molar-refractivity contribution in [3.8, 4) is 0 Å². The zero-order valence-corrected chi connectivity index (χ0v) is 9.59. The summed E-state index contributed by atoms with van der Waals surface area (Å²) in [6.07, 6.45) is 3.92. The van der Waals surface area contributed by atoms with Crippen LogP contribution in [0.3, 0.4) is 0 Å². The van der Waals surface area contributed by atoms with Crippen molar-refractivity contribution in [2.24, 2.45) is 11.8 Å². The van der Waals surface area contributed by atoms with E-state index in [0.29, 0.717) is 16.3 Å². The molecular formula is C10H11Cl2N3. The highest BCUT2D eigenvalue weighted by atomic mass is 35.5. The molecule has 2 unspecified atom stereocenters. The van der Waals surface area contributed by atoms with E-state index in [9.17, 15) is 0 Å². The molecule has 0 spiro atoms. The van der Waals surface area contributed by atoms with Crippen LogP contribution in [-0.2, 0) is 0 Å². The molecule has 1 aromatic rings. The van der Waals surface area contributed by atoms with E-state index in [1.807, 2.05) is 0 Å². The summed E-state index contributed by atoms with van der Waals surface area (Å²) in [6.45, 7) is 0. The first kappa shape index (κ1) is 9.67. The smallest absolute Gasteiger partial charge is 0.174 e. The van der Waals surface area contributed by atoms with E-state index < -0.39 is 0 Å². The Balaban J connectivity index is 1.73. The standard InChI is InChI=1S/C10H11Cl2N3/c11-9-4-8(10(12)15-14-9)13-7-2-5-1-6(5)3-7/h4-7H,1-3H2,(H,13,14). The average molecular weight is 244 g/mol. The summed E-state index contributed by atoms with van der Waals surface area (Å²) < 4.78 is 0. The van der Waals surface area contributed by atoms with E-state index in [2.05, 4.69) is 15.5 Å². The first-order valence-electron chi connectivity index (χ1n) is 5.17. The lowest BCUT2D eigenvalue weighted by molar-refractivity contribution is 0.651. The predicted molar refractivity (Wildman–Crippen MR) is 60.3 cm³/mol. The van der Waals surface area contributed by atoms with Crippen molar-refractivity contribution in [1.82, 2.24) is 10.2 Å². The topological polar surface area (TPSA) is 37.8 Å². The molecule has 1 aromatic heterocycles. The van der Waals surface area contributed by atoms with Gasteiger partial charge in [0.25, 0.3) is 0 Å². The third-order valence-corrected chi connectivity index (χ3v) is 3.79. The van der Waals surface area contributed by atoms with Gasteiger partial charge in [0.15, 0.2) is 10.3 Å². The molecule has 2 atom stereocenters. The van der Waals surface area contributed by atoms with Crippen LogP contribution in [0.4, 0.5) is 5.69 Å². The lowest BCUT2D eigenvalue weighted by Crippen LogP contribution is -2.17. The quantitative estimate of drug-likeness (QED) is 0.868. The Hall–Kier alpha value is -0.540. The normalized spacial score (nSPS) is 32.5. The van der Waals surface area contributed by atoms with Crippen LogP contribution in [0.1, 0.15) is 19.3 Å². The largest absolute Gasteiger partial charge is 0.380 e. The number of fused-ring (bicyclic) bond motifs is 1. The van der Waals surface area contributed by atoms with Crippen LogP contribution >= 0.6 is 23.2 Å². The fraction of sp³-hybridized carbons (Fsp3) is 0.600. The Kier molecular flexibility index (Phi) is 2.25. The molecule has 5 heteroatoms. The molecule has 2 saturated carbocycles. The molecule has 15 heavy (non-hydrogen) atoms.